The normalized spacial score (nSPS) is 14.7. The van der Waals surface area contributed by atoms with Crippen LogP contribution in [0.4, 0.5) is 5.69 Å². The van der Waals surface area contributed by atoms with E-state index in [0.717, 1.165) is 16.8 Å². The number of nitrogens with zero attached hydrogens (tertiary/aromatic N) is 2. The van der Waals surface area contributed by atoms with Crippen molar-refractivity contribution in [2.45, 2.75) is 13.5 Å². The van der Waals surface area contributed by atoms with Crippen LogP contribution in [0.15, 0.2) is 89.9 Å². The van der Waals surface area contributed by atoms with Gasteiger partial charge in [-0.3, -0.25) is 4.79 Å². The van der Waals surface area contributed by atoms with Crippen LogP contribution >= 0.6 is 0 Å². The Labute approximate surface area is 159 Å². The predicted octanol–water partition coefficient (Wildman–Crippen LogP) is 5.00. The lowest BCUT2D eigenvalue weighted by Gasteiger charge is -2.19. The van der Waals surface area contributed by atoms with Crippen molar-refractivity contribution in [1.29, 1.82) is 0 Å². The minimum Gasteiger partial charge on any atom is -0.321 e. The second-order valence-corrected chi connectivity index (χ2v) is 6.60. The molecule has 3 aromatic carbocycles. The topological polar surface area (TPSA) is 32.7 Å². The lowest BCUT2D eigenvalue weighted by atomic mass is 10.1. The van der Waals surface area contributed by atoms with E-state index < -0.39 is 0 Å². The summed E-state index contributed by atoms with van der Waals surface area (Å²) in [4.78, 5) is 19.0. The average Bonchev–Trinajstić information content (AvgIpc) is 3.06. The molecule has 1 aliphatic heterocycles. The summed E-state index contributed by atoms with van der Waals surface area (Å²) < 4.78 is 0. The van der Waals surface area contributed by atoms with Crippen LogP contribution in [0.5, 0.6) is 0 Å². The van der Waals surface area contributed by atoms with Crippen LogP contribution in [-0.2, 0) is 11.3 Å². The van der Waals surface area contributed by atoms with Crippen molar-refractivity contribution in [2.75, 3.05) is 4.90 Å². The van der Waals surface area contributed by atoms with E-state index in [1.807, 2.05) is 48.5 Å². The summed E-state index contributed by atoms with van der Waals surface area (Å²) in [5.41, 5.74) is 5.41. The first-order valence-corrected chi connectivity index (χ1v) is 8.99. The van der Waals surface area contributed by atoms with E-state index in [1.165, 1.54) is 17.2 Å². The zero-order chi connectivity index (χ0) is 18.6. The van der Waals surface area contributed by atoms with Gasteiger partial charge in [-0.1, -0.05) is 72.3 Å². The molecule has 0 aliphatic carbocycles. The third-order valence-electron chi connectivity index (χ3n) is 4.62. The molecule has 3 aromatic rings. The molecule has 0 unspecified atom stereocenters. The molecule has 1 aliphatic rings. The molecule has 4 rings (SSSR count). The molecule has 0 saturated carbocycles. The molecule has 3 nitrogen and oxygen atoms in total. The van der Waals surface area contributed by atoms with Crippen LogP contribution in [0, 0.1) is 6.92 Å². The quantitative estimate of drug-likeness (QED) is 0.621. The Hall–Kier alpha value is -3.46. The van der Waals surface area contributed by atoms with Crippen LogP contribution < -0.4 is 4.90 Å². The SMILES string of the molecule is Cc1ccc(N2Cc3ccccc3C2=NC(=O)C=Cc2ccccc2)cc1. The molecule has 0 fully saturated rings. The maximum Gasteiger partial charge on any atom is 0.271 e. The summed E-state index contributed by atoms with van der Waals surface area (Å²) in [5, 5.41) is 0. The molecule has 3 heteroatoms. The number of anilines is 1. The van der Waals surface area contributed by atoms with Crippen LogP contribution in [0.2, 0.25) is 0 Å². The maximum atomic E-state index is 12.5. The Bertz CT molecular complexity index is 1020. The first-order valence-electron chi connectivity index (χ1n) is 8.99. The van der Waals surface area contributed by atoms with E-state index in [9.17, 15) is 4.79 Å². The molecular weight excluding hydrogens is 332 g/mol. The summed E-state index contributed by atoms with van der Waals surface area (Å²) in [6.45, 7) is 2.78. The fourth-order valence-corrected chi connectivity index (χ4v) is 3.20. The highest BCUT2D eigenvalue weighted by atomic mass is 16.1. The fourth-order valence-electron chi connectivity index (χ4n) is 3.20. The largest absolute Gasteiger partial charge is 0.321 e. The maximum absolute atomic E-state index is 12.5. The molecule has 0 spiro atoms. The van der Waals surface area contributed by atoms with Crippen LogP contribution in [0.1, 0.15) is 22.3 Å². The van der Waals surface area contributed by atoms with Crippen LogP contribution in [0.25, 0.3) is 6.08 Å². The first-order chi connectivity index (χ1) is 13.2. The zero-order valence-corrected chi connectivity index (χ0v) is 15.2. The number of fused-ring (bicyclic) bond motifs is 1. The second kappa shape index (κ2) is 7.42. The lowest BCUT2D eigenvalue weighted by molar-refractivity contribution is -0.113. The van der Waals surface area contributed by atoms with Crippen molar-refractivity contribution < 1.29 is 4.79 Å². The Morgan fingerprint density at radius 1 is 0.926 bits per heavy atom. The smallest absolute Gasteiger partial charge is 0.271 e. The molecule has 27 heavy (non-hydrogen) atoms. The predicted molar refractivity (Wildman–Crippen MR) is 111 cm³/mol. The molecular formula is C24H20N2O. The van der Waals surface area contributed by atoms with Gasteiger partial charge in [0.1, 0.15) is 5.84 Å². The summed E-state index contributed by atoms with van der Waals surface area (Å²) in [6.07, 6.45) is 3.32. The van der Waals surface area contributed by atoms with Gasteiger partial charge in [0.25, 0.3) is 5.91 Å². The minimum absolute atomic E-state index is 0.261. The number of carbonyl (C=O) groups excluding carboxylic acids is 1. The molecule has 0 aromatic heterocycles. The molecule has 132 valence electrons. The lowest BCUT2D eigenvalue weighted by Crippen LogP contribution is -2.25. The third kappa shape index (κ3) is 3.72. The molecule has 0 N–H and O–H groups in total. The van der Waals surface area contributed by atoms with E-state index in [1.54, 1.807) is 6.08 Å². The van der Waals surface area contributed by atoms with Gasteiger partial charge in [-0.15, -0.1) is 0 Å². The Balaban J connectivity index is 1.67. The number of aryl methyl sites for hydroxylation is 1. The van der Waals surface area contributed by atoms with Gasteiger partial charge in [0, 0.05) is 17.3 Å². The van der Waals surface area contributed by atoms with Crippen molar-refractivity contribution in [2.24, 2.45) is 4.99 Å². The van der Waals surface area contributed by atoms with Gasteiger partial charge >= 0.3 is 0 Å². The molecule has 1 heterocycles. The number of carbonyl (C=O) groups is 1. The van der Waals surface area contributed by atoms with Crippen LogP contribution in [-0.4, -0.2) is 11.7 Å². The van der Waals surface area contributed by atoms with Crippen molar-refractivity contribution in [3.05, 3.63) is 107 Å². The molecule has 0 radical (unpaired) electrons. The van der Waals surface area contributed by atoms with E-state index in [2.05, 4.69) is 47.1 Å². The summed E-state index contributed by atoms with van der Waals surface area (Å²) in [5.74, 6) is 0.444. The summed E-state index contributed by atoms with van der Waals surface area (Å²) >= 11 is 0. The van der Waals surface area contributed by atoms with Gasteiger partial charge in [0.2, 0.25) is 0 Å². The molecule has 0 atom stereocenters. The summed E-state index contributed by atoms with van der Waals surface area (Å²) in [6, 6.07) is 26.2. The van der Waals surface area contributed by atoms with Gasteiger partial charge in [-0.2, -0.15) is 4.99 Å². The van der Waals surface area contributed by atoms with Gasteiger partial charge in [0.15, 0.2) is 0 Å². The first kappa shape index (κ1) is 17.0. The van der Waals surface area contributed by atoms with E-state index in [0.29, 0.717) is 12.4 Å². The van der Waals surface area contributed by atoms with Crippen LogP contribution in [0.3, 0.4) is 0 Å². The van der Waals surface area contributed by atoms with E-state index in [4.69, 9.17) is 0 Å². The van der Waals surface area contributed by atoms with Gasteiger partial charge in [0.05, 0.1) is 6.54 Å². The average molecular weight is 352 g/mol. The molecule has 0 bridgehead atoms. The summed E-state index contributed by atoms with van der Waals surface area (Å²) in [7, 11) is 0. The molecule has 0 saturated heterocycles. The highest BCUT2D eigenvalue weighted by molar-refractivity contribution is 6.18. The number of amidine groups is 1. The highest BCUT2D eigenvalue weighted by Gasteiger charge is 2.26. The van der Waals surface area contributed by atoms with Crippen molar-refractivity contribution in [3.63, 3.8) is 0 Å². The van der Waals surface area contributed by atoms with Crippen molar-refractivity contribution in [1.82, 2.24) is 0 Å². The minimum atomic E-state index is -0.261. The number of rotatable bonds is 3. The fraction of sp³-hybridized carbons (Fsp3) is 0.0833. The van der Waals surface area contributed by atoms with E-state index in [-0.39, 0.29) is 5.91 Å². The van der Waals surface area contributed by atoms with Gasteiger partial charge in [-0.25, -0.2) is 0 Å². The van der Waals surface area contributed by atoms with Crippen molar-refractivity contribution in [3.8, 4) is 0 Å². The monoisotopic (exact) mass is 352 g/mol. The van der Waals surface area contributed by atoms with Crippen molar-refractivity contribution >= 4 is 23.5 Å². The van der Waals surface area contributed by atoms with Gasteiger partial charge in [-0.05, 0) is 36.3 Å². The number of amides is 1. The zero-order valence-electron chi connectivity index (χ0n) is 15.2. The Morgan fingerprint density at radius 2 is 1.63 bits per heavy atom. The Morgan fingerprint density at radius 3 is 2.41 bits per heavy atom. The standard InChI is InChI=1S/C24H20N2O/c1-18-11-14-21(15-12-18)26-17-20-9-5-6-10-22(20)24(26)25-23(27)16-13-19-7-3-2-4-8-19/h2-16H,17H2,1H3. The highest BCUT2D eigenvalue weighted by Crippen LogP contribution is 2.29. The number of benzene rings is 3. The second-order valence-electron chi connectivity index (χ2n) is 6.60. The van der Waals surface area contributed by atoms with Gasteiger partial charge < -0.3 is 4.90 Å². The number of aliphatic imine (C=N–C) groups is 1. The third-order valence-corrected chi connectivity index (χ3v) is 4.62. The Kier molecular flexibility index (Phi) is 4.67. The van der Waals surface area contributed by atoms with E-state index >= 15 is 0 Å². The number of hydrogen-bond donors (Lipinski definition) is 0. The number of hydrogen-bond acceptors (Lipinski definition) is 1. The molecule has 1 amide bonds.